The van der Waals surface area contributed by atoms with E-state index in [1.54, 1.807) is 12.1 Å². The number of alkyl halides is 2. The average Bonchev–Trinajstić information content (AvgIpc) is 3.65. The van der Waals surface area contributed by atoms with Crippen molar-refractivity contribution in [3.63, 3.8) is 0 Å². The molecule has 2 aromatic carbocycles. The molecule has 7 nitrogen and oxygen atoms in total. The van der Waals surface area contributed by atoms with Crippen LogP contribution in [0.4, 0.5) is 8.78 Å². The smallest absolute Gasteiger partial charge is 0.387 e. The van der Waals surface area contributed by atoms with E-state index in [9.17, 15) is 18.8 Å². The first-order valence-electron chi connectivity index (χ1n) is 13.5. The van der Waals surface area contributed by atoms with Gasteiger partial charge in [-0.1, -0.05) is 59.6 Å². The minimum atomic E-state index is -3.03. The van der Waals surface area contributed by atoms with Crippen molar-refractivity contribution in [3.05, 3.63) is 92.9 Å². The first-order valence-corrected chi connectivity index (χ1v) is 14.3. The van der Waals surface area contributed by atoms with Crippen LogP contribution in [0.25, 0.3) is 0 Å². The highest BCUT2D eigenvalue weighted by atomic mass is 35.5. The maximum Gasteiger partial charge on any atom is 0.387 e. The van der Waals surface area contributed by atoms with Gasteiger partial charge in [-0.05, 0) is 61.4 Å². The number of likely N-dealkylation sites (tertiary alicyclic amines) is 1. The first-order chi connectivity index (χ1) is 19.8. The van der Waals surface area contributed by atoms with E-state index in [0.717, 1.165) is 31.4 Å². The lowest BCUT2D eigenvalue weighted by atomic mass is 10.0. The van der Waals surface area contributed by atoms with Gasteiger partial charge in [0.1, 0.15) is 22.2 Å². The van der Waals surface area contributed by atoms with E-state index in [2.05, 4.69) is 9.64 Å². The van der Waals surface area contributed by atoms with Crippen LogP contribution in [0.15, 0.2) is 60.9 Å². The first kappa shape index (κ1) is 29.4. The van der Waals surface area contributed by atoms with Crippen LogP contribution in [0.3, 0.4) is 0 Å². The molecule has 0 spiro atoms. The van der Waals surface area contributed by atoms with Gasteiger partial charge in [0.05, 0.1) is 6.61 Å². The fourth-order valence-electron chi connectivity index (χ4n) is 4.98. The van der Waals surface area contributed by atoms with Crippen molar-refractivity contribution in [1.29, 1.82) is 0 Å². The average molecular weight is 607 g/mol. The summed E-state index contributed by atoms with van der Waals surface area (Å²) >= 11 is 12.7. The fourth-order valence-corrected chi connectivity index (χ4v) is 5.58. The number of halogens is 4. The molecule has 1 saturated heterocycles. The highest BCUT2D eigenvalue weighted by Gasteiger charge is 2.34. The summed E-state index contributed by atoms with van der Waals surface area (Å²) in [6.45, 7) is -1.32. The predicted octanol–water partition coefficient (Wildman–Crippen LogP) is 6.51. The molecule has 0 bridgehead atoms. The molecular formula is C30H30Cl2F2N2O5. The second-order valence-corrected chi connectivity index (χ2v) is 11.2. The number of aromatic nitrogens is 1. The van der Waals surface area contributed by atoms with E-state index in [4.69, 9.17) is 32.7 Å². The van der Waals surface area contributed by atoms with Gasteiger partial charge < -0.3 is 19.4 Å². The Kier molecular flexibility index (Phi) is 9.47. The molecule has 1 aromatic heterocycles. The Balaban J connectivity index is 1.43. The van der Waals surface area contributed by atoms with Crippen LogP contribution in [-0.4, -0.2) is 36.7 Å². The summed E-state index contributed by atoms with van der Waals surface area (Å²) in [6, 6.07) is 13.9. The SMILES string of the molecule is O=C(OC(Cc1c(Cl)c[n+]([O-])cc1Cl)c1ccc(OC(F)F)c(OCC2CC2)c1)C1CCCN1Cc1ccccc1. The third-order valence-corrected chi connectivity index (χ3v) is 7.95. The Hall–Kier alpha value is -3.14. The monoisotopic (exact) mass is 606 g/mol. The fraction of sp³-hybridized carbons (Fsp3) is 0.400. The van der Waals surface area contributed by atoms with Gasteiger partial charge in [0, 0.05) is 18.5 Å². The molecule has 2 aliphatic rings. The molecular weight excluding hydrogens is 577 g/mol. The van der Waals surface area contributed by atoms with Gasteiger partial charge in [-0.25, -0.2) is 0 Å². The number of hydrogen-bond acceptors (Lipinski definition) is 6. The Morgan fingerprint density at radius 1 is 1.05 bits per heavy atom. The van der Waals surface area contributed by atoms with Crippen molar-refractivity contribution in [2.24, 2.45) is 5.92 Å². The molecule has 2 unspecified atom stereocenters. The minimum Gasteiger partial charge on any atom is -0.619 e. The predicted molar refractivity (Wildman–Crippen MR) is 149 cm³/mol. The topological polar surface area (TPSA) is 74.9 Å². The van der Waals surface area contributed by atoms with Crippen LogP contribution in [-0.2, 0) is 22.5 Å². The number of carbonyl (C=O) groups is 1. The van der Waals surface area contributed by atoms with E-state index in [0.29, 0.717) is 41.3 Å². The Bertz CT molecular complexity index is 1340. The quantitative estimate of drug-likeness (QED) is 0.133. The number of benzene rings is 2. The molecule has 5 rings (SSSR count). The van der Waals surface area contributed by atoms with Gasteiger partial charge in [0.15, 0.2) is 23.9 Å². The molecule has 11 heteroatoms. The number of ether oxygens (including phenoxy) is 3. The zero-order chi connectivity index (χ0) is 28.9. The van der Waals surface area contributed by atoms with Crippen LogP contribution in [0.2, 0.25) is 10.0 Å². The molecule has 218 valence electrons. The molecule has 1 saturated carbocycles. The van der Waals surface area contributed by atoms with E-state index in [1.807, 2.05) is 30.3 Å². The van der Waals surface area contributed by atoms with E-state index in [-0.39, 0.29) is 28.0 Å². The third-order valence-electron chi connectivity index (χ3n) is 7.30. The lowest BCUT2D eigenvalue weighted by Crippen LogP contribution is -2.37. The molecule has 0 radical (unpaired) electrons. The van der Waals surface area contributed by atoms with Crippen molar-refractivity contribution in [2.75, 3.05) is 13.2 Å². The van der Waals surface area contributed by atoms with Crippen LogP contribution in [0.1, 0.15) is 48.5 Å². The zero-order valence-corrected chi connectivity index (χ0v) is 23.7. The molecule has 1 aliphatic heterocycles. The zero-order valence-electron chi connectivity index (χ0n) is 22.2. The van der Waals surface area contributed by atoms with Gasteiger partial charge in [-0.2, -0.15) is 13.5 Å². The summed E-state index contributed by atoms with van der Waals surface area (Å²) in [5.41, 5.74) is 1.99. The number of hydrogen-bond donors (Lipinski definition) is 0. The van der Waals surface area contributed by atoms with Crippen molar-refractivity contribution >= 4 is 29.2 Å². The molecule has 41 heavy (non-hydrogen) atoms. The summed E-state index contributed by atoms with van der Waals surface area (Å²) in [5.74, 6) is -0.0309. The molecule has 2 fully saturated rings. The van der Waals surface area contributed by atoms with Gasteiger partial charge in [0.25, 0.3) is 0 Å². The summed E-state index contributed by atoms with van der Waals surface area (Å²) in [5, 5.41) is 12.1. The standard InChI is InChI=1S/C30H30Cl2F2N2O5/c31-23-16-36(38)17-24(32)22(23)14-27(21-10-11-26(41-30(33)34)28(13-21)39-18-20-8-9-20)40-29(37)25-7-4-12-35(25)15-19-5-2-1-3-6-19/h1-3,5-6,10-11,13,16-17,20,25,27,30H,4,7-9,12,14-15,18H2. The van der Waals surface area contributed by atoms with E-state index < -0.39 is 24.7 Å². The highest BCUT2D eigenvalue weighted by Crippen LogP contribution is 2.38. The molecule has 2 atom stereocenters. The molecule has 0 N–H and O–H groups in total. The summed E-state index contributed by atoms with van der Waals surface area (Å²) < 4.78 is 43.4. The highest BCUT2D eigenvalue weighted by molar-refractivity contribution is 6.35. The Labute approximate surface area is 247 Å². The van der Waals surface area contributed by atoms with Crippen LogP contribution < -0.4 is 14.2 Å². The molecule has 0 amide bonds. The Morgan fingerprint density at radius 2 is 1.78 bits per heavy atom. The minimum absolute atomic E-state index is 0.0484. The van der Waals surface area contributed by atoms with Gasteiger partial charge >= 0.3 is 12.6 Å². The molecule has 3 aromatic rings. The van der Waals surface area contributed by atoms with Crippen LogP contribution >= 0.6 is 23.2 Å². The van der Waals surface area contributed by atoms with Crippen molar-refractivity contribution in [2.45, 2.75) is 57.4 Å². The van der Waals surface area contributed by atoms with Crippen LogP contribution in [0.5, 0.6) is 11.5 Å². The molecule has 2 heterocycles. The maximum atomic E-state index is 13.6. The van der Waals surface area contributed by atoms with Gasteiger partial charge in [0.2, 0.25) is 0 Å². The van der Waals surface area contributed by atoms with Gasteiger partial charge in [-0.15, -0.1) is 0 Å². The summed E-state index contributed by atoms with van der Waals surface area (Å²) in [4.78, 5) is 15.7. The lowest BCUT2D eigenvalue weighted by molar-refractivity contribution is -0.605. The second-order valence-electron chi connectivity index (χ2n) is 10.4. The van der Waals surface area contributed by atoms with E-state index >= 15 is 0 Å². The normalized spacial score (nSPS) is 17.9. The second kappa shape index (κ2) is 13.2. The van der Waals surface area contributed by atoms with Crippen molar-refractivity contribution in [1.82, 2.24) is 4.90 Å². The molecule has 1 aliphatic carbocycles. The number of nitrogens with zero attached hydrogens (tertiary/aromatic N) is 2. The largest absolute Gasteiger partial charge is 0.619 e. The number of carbonyl (C=O) groups excluding carboxylic acids is 1. The van der Waals surface area contributed by atoms with Crippen LogP contribution in [0, 0.1) is 11.1 Å². The summed E-state index contributed by atoms with van der Waals surface area (Å²) in [7, 11) is 0. The van der Waals surface area contributed by atoms with Gasteiger partial charge in [-0.3, -0.25) is 9.69 Å². The van der Waals surface area contributed by atoms with E-state index in [1.165, 1.54) is 18.5 Å². The number of esters is 1. The maximum absolute atomic E-state index is 13.6. The number of pyridine rings is 1. The third kappa shape index (κ3) is 7.78. The Morgan fingerprint density at radius 3 is 2.46 bits per heavy atom. The summed E-state index contributed by atoms with van der Waals surface area (Å²) in [6.07, 6.45) is 4.99. The number of rotatable bonds is 12. The van der Waals surface area contributed by atoms with Crippen molar-refractivity contribution in [3.8, 4) is 11.5 Å². The van der Waals surface area contributed by atoms with Crippen molar-refractivity contribution < 1.29 is 32.5 Å². The lowest BCUT2D eigenvalue weighted by Gasteiger charge is -2.27.